The van der Waals surface area contributed by atoms with Crippen LogP contribution in [0.15, 0.2) is 12.2 Å². The van der Waals surface area contributed by atoms with Gasteiger partial charge < -0.3 is 15.4 Å². The van der Waals surface area contributed by atoms with Gasteiger partial charge in [-0.1, -0.05) is 12.2 Å². The summed E-state index contributed by atoms with van der Waals surface area (Å²) < 4.78 is 5.37. The van der Waals surface area contributed by atoms with Crippen LogP contribution in [-0.4, -0.2) is 61.5 Å². The van der Waals surface area contributed by atoms with Crippen LogP contribution in [0.3, 0.4) is 0 Å². The highest BCUT2D eigenvalue weighted by atomic mass is 35.5. The van der Waals surface area contributed by atoms with Crippen LogP contribution in [0.4, 0.5) is 0 Å². The molecule has 24 heavy (non-hydrogen) atoms. The summed E-state index contributed by atoms with van der Waals surface area (Å²) in [6.07, 6.45) is 4.60. The number of ether oxygens (including phenoxy) is 1. The van der Waals surface area contributed by atoms with Crippen molar-refractivity contribution in [3.8, 4) is 0 Å². The quantitative estimate of drug-likeness (QED) is 0.515. The Morgan fingerprint density at radius 3 is 2.50 bits per heavy atom. The van der Waals surface area contributed by atoms with Crippen LogP contribution in [0.1, 0.15) is 6.42 Å². The van der Waals surface area contributed by atoms with Crippen molar-refractivity contribution in [1.29, 1.82) is 0 Å². The van der Waals surface area contributed by atoms with Gasteiger partial charge >= 0.3 is 0 Å². The van der Waals surface area contributed by atoms with Crippen molar-refractivity contribution in [3.63, 3.8) is 0 Å². The summed E-state index contributed by atoms with van der Waals surface area (Å²) in [6.45, 7) is 2.28. The van der Waals surface area contributed by atoms with Gasteiger partial charge in [-0.25, -0.2) is 0 Å². The van der Waals surface area contributed by atoms with E-state index in [2.05, 4.69) is 22.8 Å². The molecule has 0 radical (unpaired) electrons. The van der Waals surface area contributed by atoms with Gasteiger partial charge in [0.1, 0.15) is 6.10 Å². The Bertz CT molecular complexity index is 546. The third-order valence-electron chi connectivity index (χ3n) is 5.42. The van der Waals surface area contributed by atoms with Gasteiger partial charge in [0.05, 0.1) is 18.4 Å². The van der Waals surface area contributed by atoms with Crippen molar-refractivity contribution in [2.45, 2.75) is 12.5 Å². The first kappa shape index (κ1) is 17.4. The number of nitrogens with one attached hydrogen (secondary N) is 2. The highest BCUT2D eigenvalue weighted by molar-refractivity contribution is 6.06. The maximum Gasteiger partial charge on any atom is 0.250 e. The van der Waals surface area contributed by atoms with Crippen molar-refractivity contribution in [2.75, 3.05) is 32.8 Å². The van der Waals surface area contributed by atoms with Crippen molar-refractivity contribution in [2.24, 2.45) is 23.7 Å². The Kier molecular flexibility index (Phi) is 4.94. The van der Waals surface area contributed by atoms with E-state index in [1.807, 2.05) is 0 Å². The van der Waals surface area contributed by atoms with E-state index >= 15 is 0 Å². The van der Waals surface area contributed by atoms with Gasteiger partial charge in [-0.3, -0.25) is 19.3 Å². The summed E-state index contributed by atoms with van der Waals surface area (Å²) in [5, 5.41) is 5.85. The van der Waals surface area contributed by atoms with E-state index in [-0.39, 0.29) is 66.9 Å². The topological polar surface area (TPSA) is 87.7 Å². The molecule has 7 nitrogen and oxygen atoms in total. The molecule has 5 atom stereocenters. The van der Waals surface area contributed by atoms with Crippen LogP contribution in [0.2, 0.25) is 0 Å². The number of likely N-dealkylation sites (tertiary alicyclic amines) is 1. The number of imide groups is 1. The van der Waals surface area contributed by atoms with Gasteiger partial charge in [0, 0.05) is 26.2 Å². The predicted molar refractivity (Wildman–Crippen MR) is 87.3 cm³/mol. The number of fused-ring (bicyclic) bond motifs is 5. The number of carbonyl (C=O) groups is 3. The van der Waals surface area contributed by atoms with Crippen LogP contribution in [0.25, 0.3) is 0 Å². The molecule has 0 aromatic carbocycles. The number of morpholine rings is 1. The largest absolute Gasteiger partial charge is 0.366 e. The standard InChI is InChI=1S/C16H21N3O4.ClH/c20-14(11-8-17-4-6-23-11)18-3-5-19-15(21)12-9-1-2-10(7-9)13(12)16(19)22;/h1-2,9-13,17H,3-8H2,(H,18,20);1H. The smallest absolute Gasteiger partial charge is 0.250 e. The lowest BCUT2D eigenvalue weighted by molar-refractivity contribution is -0.141. The molecular weight excluding hydrogens is 334 g/mol. The minimum Gasteiger partial charge on any atom is -0.366 e. The van der Waals surface area contributed by atoms with Gasteiger partial charge in [-0.2, -0.15) is 0 Å². The number of halogens is 1. The molecule has 4 aliphatic rings. The molecule has 2 aliphatic heterocycles. The summed E-state index contributed by atoms with van der Waals surface area (Å²) in [6, 6.07) is 0. The molecular formula is C16H22ClN3O4. The number of rotatable bonds is 4. The Balaban J connectivity index is 0.00000169. The molecule has 2 aliphatic carbocycles. The lowest BCUT2D eigenvalue weighted by atomic mass is 9.85. The van der Waals surface area contributed by atoms with Gasteiger partial charge in [-0.15, -0.1) is 12.4 Å². The Morgan fingerprint density at radius 2 is 1.92 bits per heavy atom. The maximum absolute atomic E-state index is 12.5. The second-order valence-corrected chi connectivity index (χ2v) is 6.68. The average molecular weight is 356 g/mol. The number of carbonyl (C=O) groups excluding carboxylic acids is 3. The number of allylic oxidation sites excluding steroid dienone is 2. The van der Waals surface area contributed by atoms with Gasteiger partial charge in [0.15, 0.2) is 0 Å². The van der Waals surface area contributed by atoms with Crippen LogP contribution in [0, 0.1) is 23.7 Å². The Morgan fingerprint density at radius 1 is 1.25 bits per heavy atom. The molecule has 5 unspecified atom stereocenters. The van der Waals surface area contributed by atoms with Crippen molar-refractivity contribution in [3.05, 3.63) is 12.2 Å². The second kappa shape index (κ2) is 6.82. The molecule has 2 saturated heterocycles. The fourth-order valence-electron chi connectivity index (χ4n) is 4.32. The first-order valence-electron chi connectivity index (χ1n) is 8.30. The van der Waals surface area contributed by atoms with Gasteiger partial charge in [0.25, 0.3) is 5.91 Å². The van der Waals surface area contributed by atoms with Crippen LogP contribution >= 0.6 is 12.4 Å². The highest BCUT2D eigenvalue weighted by Crippen LogP contribution is 2.52. The van der Waals surface area contributed by atoms with E-state index in [9.17, 15) is 14.4 Å². The Hall–Kier alpha value is -1.44. The lowest BCUT2D eigenvalue weighted by Gasteiger charge is -2.23. The van der Waals surface area contributed by atoms with Crippen molar-refractivity contribution >= 4 is 30.1 Å². The molecule has 8 heteroatoms. The molecule has 3 amide bonds. The van der Waals surface area contributed by atoms with Crippen molar-refractivity contribution in [1.82, 2.24) is 15.5 Å². The molecule has 4 rings (SSSR count). The zero-order valence-electron chi connectivity index (χ0n) is 13.3. The minimum atomic E-state index is -0.492. The zero-order valence-corrected chi connectivity index (χ0v) is 14.1. The number of hydrogen-bond donors (Lipinski definition) is 2. The molecule has 1 saturated carbocycles. The summed E-state index contributed by atoms with van der Waals surface area (Å²) in [4.78, 5) is 38.3. The summed E-state index contributed by atoms with van der Waals surface area (Å²) in [5.41, 5.74) is 0. The van der Waals surface area contributed by atoms with Crippen LogP contribution < -0.4 is 10.6 Å². The fraction of sp³-hybridized carbons (Fsp3) is 0.688. The SMILES string of the molecule is Cl.O=C(NCCN1C(=O)C2C3C=CC(C3)C2C1=O)C1CNCCO1. The fourth-order valence-corrected chi connectivity index (χ4v) is 4.32. The molecule has 0 aromatic rings. The van der Waals surface area contributed by atoms with E-state index in [4.69, 9.17) is 4.74 Å². The Labute approximate surface area is 146 Å². The molecule has 2 heterocycles. The monoisotopic (exact) mass is 355 g/mol. The predicted octanol–water partition coefficient (Wildman–Crippen LogP) is -0.680. The van der Waals surface area contributed by atoms with Crippen molar-refractivity contribution < 1.29 is 19.1 Å². The first-order chi connectivity index (χ1) is 11.2. The molecule has 0 spiro atoms. The van der Waals surface area contributed by atoms with Gasteiger partial charge in [-0.05, 0) is 18.3 Å². The number of hydrogen-bond acceptors (Lipinski definition) is 5. The van der Waals surface area contributed by atoms with Crippen LogP contribution in [-0.2, 0) is 19.1 Å². The molecule has 2 bridgehead atoms. The van der Waals surface area contributed by atoms with E-state index in [0.29, 0.717) is 13.2 Å². The number of nitrogens with zero attached hydrogens (tertiary/aromatic N) is 1. The van der Waals surface area contributed by atoms with Gasteiger partial charge in [0.2, 0.25) is 11.8 Å². The first-order valence-corrected chi connectivity index (χ1v) is 8.30. The summed E-state index contributed by atoms with van der Waals surface area (Å²) >= 11 is 0. The molecule has 3 fully saturated rings. The van der Waals surface area contributed by atoms with E-state index < -0.39 is 6.10 Å². The summed E-state index contributed by atoms with van der Waals surface area (Å²) in [7, 11) is 0. The normalized spacial score (nSPS) is 36.7. The second-order valence-electron chi connectivity index (χ2n) is 6.68. The number of amides is 3. The molecule has 132 valence electrons. The minimum absolute atomic E-state index is 0. The van der Waals surface area contributed by atoms with E-state index in [0.717, 1.165) is 13.0 Å². The lowest BCUT2D eigenvalue weighted by Crippen LogP contribution is -2.49. The third kappa shape index (κ3) is 2.74. The molecule has 0 aromatic heterocycles. The summed E-state index contributed by atoms with van der Waals surface area (Å²) in [5.74, 6) is -0.217. The molecule has 2 N–H and O–H groups in total. The highest BCUT2D eigenvalue weighted by Gasteiger charge is 2.58. The maximum atomic E-state index is 12.5. The van der Waals surface area contributed by atoms with E-state index in [1.165, 1.54) is 4.90 Å². The average Bonchev–Trinajstić information content (AvgIpc) is 3.25. The zero-order chi connectivity index (χ0) is 16.0. The third-order valence-corrected chi connectivity index (χ3v) is 5.42. The van der Waals surface area contributed by atoms with E-state index in [1.54, 1.807) is 0 Å². The van der Waals surface area contributed by atoms with Crippen LogP contribution in [0.5, 0.6) is 0 Å².